The normalized spacial score (nSPS) is 10.5. The third-order valence-electron chi connectivity index (χ3n) is 2.41. The molecule has 0 bridgehead atoms. The molecule has 2 aromatic rings. The molecule has 0 atom stereocenters. The van der Waals surface area contributed by atoms with Crippen LogP contribution in [0.5, 0.6) is 5.75 Å². The molecule has 0 saturated carbocycles. The highest BCUT2D eigenvalue weighted by atomic mass is 16.3. The maximum absolute atomic E-state index is 9.67. The molecule has 0 amide bonds. The average Bonchev–Trinajstić information content (AvgIpc) is 2.60. The first-order chi connectivity index (χ1) is 7.24. The quantitative estimate of drug-likeness (QED) is 0.774. The molecule has 0 aliphatic rings. The Balaban J connectivity index is 2.59. The van der Waals surface area contributed by atoms with Crippen LogP contribution < -0.4 is 0 Å². The zero-order valence-corrected chi connectivity index (χ0v) is 8.38. The lowest BCUT2D eigenvalue weighted by atomic mass is 10.1. The molecule has 2 N–H and O–H groups in total. The number of aliphatic hydroxyl groups is 1. The molecule has 0 radical (unpaired) electrons. The van der Waals surface area contributed by atoms with E-state index in [0.717, 1.165) is 5.56 Å². The van der Waals surface area contributed by atoms with Crippen LogP contribution in [0, 0.1) is 0 Å². The highest BCUT2D eigenvalue weighted by Crippen LogP contribution is 2.30. The lowest BCUT2D eigenvalue weighted by Gasteiger charge is -2.04. The zero-order valence-electron chi connectivity index (χ0n) is 8.38. The molecule has 0 aliphatic heterocycles. The number of rotatable bonds is 2. The Morgan fingerprint density at radius 1 is 1.27 bits per heavy atom. The third-order valence-corrected chi connectivity index (χ3v) is 2.41. The van der Waals surface area contributed by atoms with Gasteiger partial charge in [0.2, 0.25) is 0 Å². The molecular formula is C11H12N2O2. The standard InChI is InChI=1S/C11H12N2O2/c1-13-10(7-14)9(6-12-13)8-4-2-3-5-11(8)15/h2-6,14-15H,7H2,1H3. The van der Waals surface area contributed by atoms with Crippen molar-refractivity contribution in [3.8, 4) is 16.9 Å². The summed E-state index contributed by atoms with van der Waals surface area (Å²) in [4.78, 5) is 0. The number of phenols is 1. The molecule has 4 nitrogen and oxygen atoms in total. The van der Waals surface area contributed by atoms with Crippen LogP contribution in [0.4, 0.5) is 0 Å². The van der Waals surface area contributed by atoms with Crippen molar-refractivity contribution >= 4 is 0 Å². The van der Waals surface area contributed by atoms with Crippen molar-refractivity contribution in [3.63, 3.8) is 0 Å². The summed E-state index contributed by atoms with van der Waals surface area (Å²) in [5, 5.41) is 22.9. The number of aliphatic hydroxyl groups excluding tert-OH is 1. The van der Waals surface area contributed by atoms with E-state index in [0.29, 0.717) is 11.3 Å². The monoisotopic (exact) mass is 204 g/mol. The molecule has 78 valence electrons. The minimum atomic E-state index is -0.0971. The second-order valence-corrected chi connectivity index (χ2v) is 3.30. The molecule has 0 aliphatic carbocycles. The van der Waals surface area contributed by atoms with Crippen LogP contribution >= 0.6 is 0 Å². The van der Waals surface area contributed by atoms with E-state index in [1.807, 2.05) is 6.07 Å². The van der Waals surface area contributed by atoms with Gasteiger partial charge in [0.05, 0.1) is 18.5 Å². The summed E-state index contributed by atoms with van der Waals surface area (Å²) in [7, 11) is 1.76. The molecular weight excluding hydrogens is 192 g/mol. The van der Waals surface area contributed by atoms with Gasteiger partial charge in [-0.3, -0.25) is 4.68 Å². The second kappa shape index (κ2) is 3.74. The van der Waals surface area contributed by atoms with Gasteiger partial charge in [0.1, 0.15) is 5.75 Å². The smallest absolute Gasteiger partial charge is 0.123 e. The van der Waals surface area contributed by atoms with Crippen LogP contribution in [0.1, 0.15) is 5.69 Å². The summed E-state index contributed by atoms with van der Waals surface area (Å²) in [5.41, 5.74) is 2.14. The van der Waals surface area contributed by atoms with Crippen LogP contribution in [0.25, 0.3) is 11.1 Å². The summed E-state index contributed by atoms with van der Waals surface area (Å²) in [6, 6.07) is 7.01. The van der Waals surface area contributed by atoms with Gasteiger partial charge >= 0.3 is 0 Å². The molecule has 0 fully saturated rings. The van der Waals surface area contributed by atoms with E-state index >= 15 is 0 Å². The van der Waals surface area contributed by atoms with Crippen molar-refractivity contribution in [2.75, 3.05) is 0 Å². The van der Waals surface area contributed by atoms with Crippen LogP contribution in [-0.4, -0.2) is 20.0 Å². The van der Waals surface area contributed by atoms with Gasteiger partial charge in [0, 0.05) is 18.2 Å². The Bertz CT molecular complexity index is 477. The first-order valence-electron chi connectivity index (χ1n) is 4.64. The van der Waals surface area contributed by atoms with Gasteiger partial charge in [-0.25, -0.2) is 0 Å². The SMILES string of the molecule is Cn1ncc(-c2ccccc2O)c1CO. The van der Waals surface area contributed by atoms with E-state index in [9.17, 15) is 10.2 Å². The Morgan fingerprint density at radius 2 is 2.00 bits per heavy atom. The fourth-order valence-electron chi connectivity index (χ4n) is 1.58. The summed E-state index contributed by atoms with van der Waals surface area (Å²) in [6.45, 7) is -0.0971. The van der Waals surface area contributed by atoms with Crippen LogP contribution in [0.15, 0.2) is 30.5 Å². The number of nitrogens with zero attached hydrogens (tertiary/aromatic N) is 2. The van der Waals surface area contributed by atoms with E-state index in [-0.39, 0.29) is 12.4 Å². The second-order valence-electron chi connectivity index (χ2n) is 3.30. The molecule has 0 unspecified atom stereocenters. The van der Waals surface area contributed by atoms with Crippen molar-refractivity contribution in [3.05, 3.63) is 36.2 Å². The number of benzene rings is 1. The summed E-state index contributed by atoms with van der Waals surface area (Å²) in [6.07, 6.45) is 1.64. The van der Waals surface area contributed by atoms with Gasteiger partial charge in [-0.15, -0.1) is 0 Å². The summed E-state index contributed by atoms with van der Waals surface area (Å²) < 4.78 is 1.60. The molecule has 1 aromatic carbocycles. The Hall–Kier alpha value is -1.81. The van der Waals surface area contributed by atoms with E-state index in [1.54, 1.807) is 36.1 Å². The molecule has 4 heteroatoms. The average molecular weight is 204 g/mol. The molecule has 1 heterocycles. The minimum absolute atomic E-state index is 0.0971. The number of phenolic OH excluding ortho intramolecular Hbond substituents is 1. The Labute approximate surface area is 87.4 Å². The van der Waals surface area contributed by atoms with E-state index in [4.69, 9.17) is 0 Å². The predicted molar refractivity (Wildman–Crippen MR) is 56.2 cm³/mol. The molecule has 0 spiro atoms. The summed E-state index contributed by atoms with van der Waals surface area (Å²) >= 11 is 0. The first-order valence-corrected chi connectivity index (χ1v) is 4.64. The Kier molecular flexibility index (Phi) is 2.43. The van der Waals surface area contributed by atoms with Gasteiger partial charge in [0.25, 0.3) is 0 Å². The van der Waals surface area contributed by atoms with E-state index < -0.39 is 0 Å². The zero-order chi connectivity index (χ0) is 10.8. The fourth-order valence-corrected chi connectivity index (χ4v) is 1.58. The summed E-state index contributed by atoms with van der Waals surface area (Å²) in [5.74, 6) is 0.195. The molecule has 1 aromatic heterocycles. The van der Waals surface area contributed by atoms with Gasteiger partial charge in [-0.1, -0.05) is 18.2 Å². The number of aryl methyl sites for hydroxylation is 1. The van der Waals surface area contributed by atoms with Gasteiger partial charge < -0.3 is 10.2 Å². The van der Waals surface area contributed by atoms with Crippen molar-refractivity contribution in [1.29, 1.82) is 0 Å². The Morgan fingerprint density at radius 3 is 2.67 bits per heavy atom. The maximum atomic E-state index is 9.67. The van der Waals surface area contributed by atoms with Crippen molar-refractivity contribution in [2.45, 2.75) is 6.61 Å². The van der Waals surface area contributed by atoms with Crippen molar-refractivity contribution < 1.29 is 10.2 Å². The van der Waals surface area contributed by atoms with E-state index in [1.165, 1.54) is 0 Å². The van der Waals surface area contributed by atoms with Crippen molar-refractivity contribution in [1.82, 2.24) is 9.78 Å². The minimum Gasteiger partial charge on any atom is -0.507 e. The van der Waals surface area contributed by atoms with Gasteiger partial charge in [-0.05, 0) is 6.07 Å². The number of hydrogen-bond acceptors (Lipinski definition) is 3. The molecule has 15 heavy (non-hydrogen) atoms. The highest BCUT2D eigenvalue weighted by molar-refractivity contribution is 5.71. The topological polar surface area (TPSA) is 58.3 Å². The van der Waals surface area contributed by atoms with E-state index in [2.05, 4.69) is 5.10 Å². The van der Waals surface area contributed by atoms with Crippen LogP contribution in [-0.2, 0) is 13.7 Å². The molecule has 0 saturated heterocycles. The number of aromatic hydroxyl groups is 1. The highest BCUT2D eigenvalue weighted by Gasteiger charge is 2.12. The lowest BCUT2D eigenvalue weighted by Crippen LogP contribution is -1.98. The predicted octanol–water partition coefficient (Wildman–Crippen LogP) is 1.28. The number of hydrogen-bond donors (Lipinski definition) is 2. The van der Waals surface area contributed by atoms with Crippen LogP contribution in [0.2, 0.25) is 0 Å². The maximum Gasteiger partial charge on any atom is 0.123 e. The first kappa shape index (κ1) is 9.73. The third kappa shape index (κ3) is 1.59. The van der Waals surface area contributed by atoms with Crippen LogP contribution in [0.3, 0.4) is 0 Å². The van der Waals surface area contributed by atoms with Gasteiger partial charge in [0.15, 0.2) is 0 Å². The largest absolute Gasteiger partial charge is 0.507 e. The number of aromatic nitrogens is 2. The molecule has 2 rings (SSSR count). The van der Waals surface area contributed by atoms with Gasteiger partial charge in [-0.2, -0.15) is 5.10 Å². The lowest BCUT2D eigenvalue weighted by molar-refractivity contribution is 0.271. The number of para-hydroxylation sites is 1. The van der Waals surface area contributed by atoms with Crippen molar-refractivity contribution in [2.24, 2.45) is 7.05 Å². The fraction of sp³-hybridized carbons (Fsp3) is 0.182.